The third kappa shape index (κ3) is 6.99. The molecule has 4 nitrogen and oxygen atoms in total. The van der Waals surface area contributed by atoms with Gasteiger partial charge in [-0.3, -0.25) is 4.90 Å². The van der Waals surface area contributed by atoms with Gasteiger partial charge in [-0.25, -0.2) is 0 Å². The topological polar surface area (TPSA) is 27.7 Å². The van der Waals surface area contributed by atoms with E-state index in [0.717, 1.165) is 52.5 Å². The predicted molar refractivity (Wildman–Crippen MR) is 72.5 cm³/mol. The molecule has 1 heterocycles. The molecule has 1 aliphatic rings. The van der Waals surface area contributed by atoms with E-state index in [-0.39, 0.29) is 0 Å². The van der Waals surface area contributed by atoms with Crippen LogP contribution in [-0.2, 0) is 4.74 Å². The molecule has 4 heteroatoms. The van der Waals surface area contributed by atoms with E-state index in [1.807, 2.05) is 0 Å². The molecule has 0 atom stereocenters. The molecule has 1 fully saturated rings. The van der Waals surface area contributed by atoms with Gasteiger partial charge in [-0.15, -0.1) is 0 Å². The molecule has 0 saturated carbocycles. The first kappa shape index (κ1) is 14.9. The molecule has 102 valence electrons. The summed E-state index contributed by atoms with van der Waals surface area (Å²) >= 11 is 0. The smallest absolute Gasteiger partial charge is 0.0594 e. The van der Waals surface area contributed by atoms with E-state index in [1.54, 1.807) is 0 Å². The fourth-order valence-corrected chi connectivity index (χ4v) is 2.15. The van der Waals surface area contributed by atoms with Crippen molar-refractivity contribution in [2.45, 2.75) is 20.3 Å². The summed E-state index contributed by atoms with van der Waals surface area (Å²) < 4.78 is 5.33. The molecule has 0 aromatic heterocycles. The molecular formula is C13H29N3O. The maximum absolute atomic E-state index is 5.33. The molecular weight excluding hydrogens is 214 g/mol. The quantitative estimate of drug-likeness (QED) is 0.602. The van der Waals surface area contributed by atoms with Gasteiger partial charge in [-0.1, -0.05) is 13.8 Å². The van der Waals surface area contributed by atoms with Gasteiger partial charge in [0.2, 0.25) is 0 Å². The van der Waals surface area contributed by atoms with Crippen molar-refractivity contribution >= 4 is 0 Å². The van der Waals surface area contributed by atoms with Crippen molar-refractivity contribution in [2.24, 2.45) is 0 Å². The standard InChI is InChI=1S/C13H29N3O/c1-3-15(4-2)9-7-14-6-5-8-16-10-12-17-13-11-16/h14H,3-13H2,1-2H3. The van der Waals surface area contributed by atoms with E-state index in [0.29, 0.717) is 0 Å². The average Bonchev–Trinajstić information content (AvgIpc) is 2.39. The van der Waals surface area contributed by atoms with Gasteiger partial charge >= 0.3 is 0 Å². The Labute approximate surface area is 106 Å². The molecule has 1 N–H and O–H groups in total. The third-order valence-electron chi connectivity index (χ3n) is 3.43. The predicted octanol–water partition coefficient (Wildman–Crippen LogP) is 0.640. The minimum atomic E-state index is 0.912. The average molecular weight is 243 g/mol. The lowest BCUT2D eigenvalue weighted by Crippen LogP contribution is -2.38. The van der Waals surface area contributed by atoms with Gasteiger partial charge < -0.3 is 15.0 Å². The number of morpholine rings is 1. The molecule has 0 spiro atoms. The molecule has 0 radical (unpaired) electrons. The van der Waals surface area contributed by atoms with Crippen LogP contribution in [0.5, 0.6) is 0 Å². The van der Waals surface area contributed by atoms with Crippen LogP contribution in [0.2, 0.25) is 0 Å². The van der Waals surface area contributed by atoms with Gasteiger partial charge in [-0.05, 0) is 32.6 Å². The normalized spacial score (nSPS) is 17.8. The van der Waals surface area contributed by atoms with Gasteiger partial charge in [0.25, 0.3) is 0 Å². The highest BCUT2D eigenvalue weighted by Crippen LogP contribution is 1.97. The minimum absolute atomic E-state index is 0.912. The highest BCUT2D eigenvalue weighted by molar-refractivity contribution is 4.63. The lowest BCUT2D eigenvalue weighted by atomic mass is 10.3. The van der Waals surface area contributed by atoms with E-state index in [9.17, 15) is 0 Å². The summed E-state index contributed by atoms with van der Waals surface area (Å²) in [6.07, 6.45) is 1.25. The number of nitrogens with one attached hydrogen (secondary N) is 1. The zero-order valence-corrected chi connectivity index (χ0v) is 11.6. The maximum atomic E-state index is 5.33. The Hall–Kier alpha value is -0.160. The highest BCUT2D eigenvalue weighted by atomic mass is 16.5. The Morgan fingerprint density at radius 2 is 1.82 bits per heavy atom. The summed E-state index contributed by atoms with van der Waals surface area (Å²) in [6, 6.07) is 0. The second-order valence-electron chi connectivity index (χ2n) is 4.58. The van der Waals surface area contributed by atoms with Crippen LogP contribution in [0.3, 0.4) is 0 Å². The lowest BCUT2D eigenvalue weighted by Gasteiger charge is -2.26. The largest absolute Gasteiger partial charge is 0.379 e. The van der Waals surface area contributed by atoms with Crippen LogP contribution in [-0.4, -0.2) is 75.4 Å². The summed E-state index contributed by atoms with van der Waals surface area (Å²) in [7, 11) is 0. The van der Waals surface area contributed by atoms with Crippen molar-refractivity contribution in [2.75, 3.05) is 65.6 Å². The number of rotatable bonds is 9. The number of likely N-dealkylation sites (N-methyl/N-ethyl adjacent to an activating group) is 1. The molecule has 17 heavy (non-hydrogen) atoms. The van der Waals surface area contributed by atoms with E-state index in [2.05, 4.69) is 29.0 Å². The summed E-state index contributed by atoms with van der Waals surface area (Å²) in [4.78, 5) is 4.95. The maximum Gasteiger partial charge on any atom is 0.0594 e. The van der Waals surface area contributed by atoms with E-state index in [4.69, 9.17) is 4.74 Å². The van der Waals surface area contributed by atoms with Gasteiger partial charge in [0.05, 0.1) is 13.2 Å². The van der Waals surface area contributed by atoms with Crippen molar-refractivity contribution in [1.82, 2.24) is 15.1 Å². The van der Waals surface area contributed by atoms with Crippen LogP contribution < -0.4 is 5.32 Å². The highest BCUT2D eigenvalue weighted by Gasteiger charge is 2.08. The van der Waals surface area contributed by atoms with Crippen LogP contribution >= 0.6 is 0 Å². The fourth-order valence-electron chi connectivity index (χ4n) is 2.15. The van der Waals surface area contributed by atoms with Crippen LogP contribution in [0.4, 0.5) is 0 Å². The second kappa shape index (κ2) is 9.83. The van der Waals surface area contributed by atoms with Gasteiger partial charge in [0.1, 0.15) is 0 Å². The first-order valence-electron chi connectivity index (χ1n) is 7.10. The summed E-state index contributed by atoms with van der Waals surface area (Å²) in [5, 5.41) is 3.52. The first-order valence-corrected chi connectivity index (χ1v) is 7.10. The van der Waals surface area contributed by atoms with Gasteiger partial charge in [-0.2, -0.15) is 0 Å². The molecule has 0 aliphatic carbocycles. The summed E-state index contributed by atoms with van der Waals surface area (Å²) in [5.41, 5.74) is 0. The fraction of sp³-hybridized carbons (Fsp3) is 1.00. The van der Waals surface area contributed by atoms with Gasteiger partial charge in [0.15, 0.2) is 0 Å². The number of hydrogen-bond donors (Lipinski definition) is 1. The molecule has 0 amide bonds. The monoisotopic (exact) mass is 243 g/mol. The van der Waals surface area contributed by atoms with Crippen LogP contribution in [0.1, 0.15) is 20.3 Å². The molecule has 0 unspecified atom stereocenters. The van der Waals surface area contributed by atoms with Crippen molar-refractivity contribution in [3.8, 4) is 0 Å². The Morgan fingerprint density at radius 1 is 1.12 bits per heavy atom. The Morgan fingerprint density at radius 3 is 2.47 bits per heavy atom. The Bertz CT molecular complexity index is 168. The molecule has 1 saturated heterocycles. The molecule has 0 bridgehead atoms. The van der Waals surface area contributed by atoms with E-state index in [1.165, 1.54) is 19.5 Å². The van der Waals surface area contributed by atoms with E-state index >= 15 is 0 Å². The van der Waals surface area contributed by atoms with Crippen LogP contribution in [0.15, 0.2) is 0 Å². The van der Waals surface area contributed by atoms with Crippen molar-refractivity contribution in [3.63, 3.8) is 0 Å². The molecule has 0 aromatic rings. The second-order valence-corrected chi connectivity index (χ2v) is 4.58. The van der Waals surface area contributed by atoms with Crippen molar-refractivity contribution in [1.29, 1.82) is 0 Å². The summed E-state index contributed by atoms with van der Waals surface area (Å²) in [6.45, 7) is 15.4. The zero-order valence-electron chi connectivity index (χ0n) is 11.6. The molecule has 1 aliphatic heterocycles. The van der Waals surface area contributed by atoms with Crippen molar-refractivity contribution in [3.05, 3.63) is 0 Å². The van der Waals surface area contributed by atoms with Crippen LogP contribution in [0.25, 0.3) is 0 Å². The van der Waals surface area contributed by atoms with Gasteiger partial charge in [0, 0.05) is 26.2 Å². The molecule has 1 rings (SSSR count). The third-order valence-corrected chi connectivity index (χ3v) is 3.43. The number of hydrogen-bond acceptors (Lipinski definition) is 4. The summed E-state index contributed by atoms with van der Waals surface area (Å²) in [5.74, 6) is 0. The number of nitrogens with zero attached hydrogens (tertiary/aromatic N) is 2. The SMILES string of the molecule is CCN(CC)CCNCCCN1CCOCC1. The van der Waals surface area contributed by atoms with Crippen molar-refractivity contribution < 1.29 is 4.74 Å². The molecule has 0 aromatic carbocycles. The lowest BCUT2D eigenvalue weighted by molar-refractivity contribution is 0.0374. The number of ether oxygens (including phenoxy) is 1. The van der Waals surface area contributed by atoms with E-state index < -0.39 is 0 Å². The Kier molecular flexibility index (Phi) is 8.61. The first-order chi connectivity index (χ1) is 8.36. The Balaban J connectivity index is 1.86. The minimum Gasteiger partial charge on any atom is -0.379 e. The zero-order chi connectivity index (χ0) is 12.3. The van der Waals surface area contributed by atoms with Crippen LogP contribution in [0, 0.1) is 0 Å².